The first-order chi connectivity index (χ1) is 8.81. The minimum absolute atomic E-state index is 0.211. The molecule has 3 nitrogen and oxygen atoms in total. The minimum Gasteiger partial charge on any atom is -0.491 e. The number of aliphatic hydroxyl groups excluding tert-OH is 1. The number of aliphatic hydroxyl groups is 1. The van der Waals surface area contributed by atoms with Crippen LogP contribution in [0.25, 0.3) is 0 Å². The van der Waals surface area contributed by atoms with Crippen molar-refractivity contribution < 1.29 is 9.84 Å². The number of hydrogen-bond donors (Lipinski definition) is 1. The molecule has 1 aromatic carbocycles. The Bertz CT molecular complexity index is 369. The zero-order valence-electron chi connectivity index (χ0n) is 10.5. The lowest BCUT2D eigenvalue weighted by Gasteiger charge is -2.37. The van der Waals surface area contributed by atoms with Gasteiger partial charge in [0.1, 0.15) is 12.4 Å². The van der Waals surface area contributed by atoms with Crippen LogP contribution in [0.15, 0.2) is 24.3 Å². The molecule has 0 aliphatic heterocycles. The highest BCUT2D eigenvalue weighted by atomic mass is 35.5. The third-order valence-electron chi connectivity index (χ3n) is 3.45. The lowest BCUT2D eigenvalue weighted by molar-refractivity contribution is 0.0860. The number of benzene rings is 1. The average molecular weight is 270 g/mol. The Morgan fingerprint density at radius 2 is 2.06 bits per heavy atom. The van der Waals surface area contributed by atoms with Gasteiger partial charge in [0.2, 0.25) is 0 Å². The Kier molecular flexibility index (Phi) is 5.29. The summed E-state index contributed by atoms with van der Waals surface area (Å²) < 4.78 is 5.68. The van der Waals surface area contributed by atoms with E-state index < -0.39 is 0 Å². The van der Waals surface area contributed by atoms with Crippen molar-refractivity contribution in [3.05, 3.63) is 29.3 Å². The van der Waals surface area contributed by atoms with Gasteiger partial charge in [0.05, 0.1) is 11.6 Å². The summed E-state index contributed by atoms with van der Waals surface area (Å²) >= 11 is 6.02. The molecule has 0 aromatic heterocycles. The van der Waals surface area contributed by atoms with Crippen LogP contribution in [0, 0.1) is 0 Å². The summed E-state index contributed by atoms with van der Waals surface area (Å²) in [6.45, 7) is 2.40. The summed E-state index contributed by atoms with van der Waals surface area (Å²) in [5.74, 6) is 0.733. The highest BCUT2D eigenvalue weighted by Gasteiger charge is 2.24. The molecular formula is C14H20ClNO2. The quantitative estimate of drug-likeness (QED) is 0.826. The van der Waals surface area contributed by atoms with Crippen LogP contribution in [0.3, 0.4) is 0 Å². The molecule has 0 unspecified atom stereocenters. The predicted octanol–water partition coefficient (Wildman–Crippen LogP) is 2.57. The molecule has 1 saturated carbocycles. The normalized spacial score (nSPS) is 15.7. The van der Waals surface area contributed by atoms with Crippen LogP contribution in [0.5, 0.6) is 5.75 Å². The van der Waals surface area contributed by atoms with Gasteiger partial charge in [-0.15, -0.1) is 0 Å². The Morgan fingerprint density at radius 1 is 1.28 bits per heavy atom. The number of para-hydroxylation sites is 1. The molecule has 1 fully saturated rings. The number of nitrogens with zero attached hydrogens (tertiary/aromatic N) is 1. The van der Waals surface area contributed by atoms with Crippen molar-refractivity contribution in [2.24, 2.45) is 0 Å². The fraction of sp³-hybridized carbons (Fsp3) is 0.571. The van der Waals surface area contributed by atoms with E-state index in [1.807, 2.05) is 24.3 Å². The zero-order valence-corrected chi connectivity index (χ0v) is 11.3. The van der Waals surface area contributed by atoms with Gasteiger partial charge in [0.15, 0.2) is 0 Å². The first-order valence-electron chi connectivity index (χ1n) is 6.53. The van der Waals surface area contributed by atoms with Gasteiger partial charge in [-0.1, -0.05) is 30.2 Å². The maximum absolute atomic E-state index is 9.06. The van der Waals surface area contributed by atoms with Gasteiger partial charge in [-0.3, -0.25) is 4.90 Å². The van der Waals surface area contributed by atoms with E-state index in [1.165, 1.54) is 19.3 Å². The largest absolute Gasteiger partial charge is 0.491 e. The second kappa shape index (κ2) is 6.98. The number of ether oxygens (including phenoxy) is 1. The monoisotopic (exact) mass is 269 g/mol. The molecule has 0 amide bonds. The van der Waals surface area contributed by atoms with Crippen LogP contribution in [-0.4, -0.2) is 42.4 Å². The number of halogens is 1. The van der Waals surface area contributed by atoms with E-state index in [2.05, 4.69) is 4.90 Å². The molecule has 1 aliphatic rings. The molecule has 2 rings (SSSR count). The van der Waals surface area contributed by atoms with Gasteiger partial charge in [-0.25, -0.2) is 0 Å². The third-order valence-corrected chi connectivity index (χ3v) is 3.76. The van der Waals surface area contributed by atoms with E-state index >= 15 is 0 Å². The Morgan fingerprint density at radius 3 is 2.67 bits per heavy atom. The molecule has 0 saturated heterocycles. The van der Waals surface area contributed by atoms with Crippen LogP contribution in [0.2, 0.25) is 5.02 Å². The maximum atomic E-state index is 9.06. The fourth-order valence-corrected chi connectivity index (χ4v) is 2.38. The van der Waals surface area contributed by atoms with E-state index in [9.17, 15) is 0 Å². The summed E-state index contributed by atoms with van der Waals surface area (Å²) in [6, 6.07) is 8.14. The van der Waals surface area contributed by atoms with Gasteiger partial charge in [-0.05, 0) is 25.0 Å². The highest BCUT2D eigenvalue weighted by molar-refractivity contribution is 6.32. The van der Waals surface area contributed by atoms with Crippen LogP contribution >= 0.6 is 11.6 Å². The van der Waals surface area contributed by atoms with Crippen molar-refractivity contribution >= 4 is 11.6 Å². The van der Waals surface area contributed by atoms with Gasteiger partial charge >= 0.3 is 0 Å². The molecule has 0 atom stereocenters. The average Bonchev–Trinajstić information content (AvgIpc) is 2.29. The van der Waals surface area contributed by atoms with Gasteiger partial charge < -0.3 is 9.84 Å². The predicted molar refractivity (Wildman–Crippen MR) is 73.2 cm³/mol. The van der Waals surface area contributed by atoms with Crippen molar-refractivity contribution in [2.45, 2.75) is 25.3 Å². The summed E-state index contributed by atoms with van der Waals surface area (Å²) in [6.07, 6.45) is 3.79. The van der Waals surface area contributed by atoms with Crippen molar-refractivity contribution in [3.8, 4) is 5.75 Å². The minimum atomic E-state index is 0.211. The van der Waals surface area contributed by atoms with Gasteiger partial charge in [-0.2, -0.15) is 0 Å². The van der Waals surface area contributed by atoms with Crippen LogP contribution in [0.4, 0.5) is 0 Å². The van der Waals surface area contributed by atoms with Crippen molar-refractivity contribution in [3.63, 3.8) is 0 Å². The molecule has 0 spiro atoms. The smallest absolute Gasteiger partial charge is 0.137 e. The lowest BCUT2D eigenvalue weighted by atomic mass is 9.91. The molecule has 0 bridgehead atoms. The molecular weight excluding hydrogens is 250 g/mol. The lowest BCUT2D eigenvalue weighted by Crippen LogP contribution is -2.43. The molecule has 0 radical (unpaired) electrons. The van der Waals surface area contributed by atoms with Crippen LogP contribution in [-0.2, 0) is 0 Å². The first-order valence-corrected chi connectivity index (χ1v) is 6.91. The molecule has 1 aliphatic carbocycles. The first kappa shape index (κ1) is 13.7. The molecule has 18 heavy (non-hydrogen) atoms. The number of rotatable bonds is 7. The molecule has 4 heteroatoms. The Balaban J connectivity index is 1.77. The topological polar surface area (TPSA) is 32.7 Å². The summed E-state index contributed by atoms with van der Waals surface area (Å²) in [5.41, 5.74) is 0. The van der Waals surface area contributed by atoms with Crippen molar-refractivity contribution in [1.82, 2.24) is 4.90 Å². The number of hydrogen-bond acceptors (Lipinski definition) is 3. The highest BCUT2D eigenvalue weighted by Crippen LogP contribution is 2.25. The maximum Gasteiger partial charge on any atom is 0.137 e. The SMILES string of the molecule is OCCN(CCOc1ccccc1Cl)C1CCC1. The summed E-state index contributed by atoms with van der Waals surface area (Å²) in [5, 5.41) is 9.71. The van der Waals surface area contributed by atoms with Crippen molar-refractivity contribution in [1.29, 1.82) is 0 Å². The van der Waals surface area contributed by atoms with E-state index in [0.717, 1.165) is 18.8 Å². The van der Waals surface area contributed by atoms with Gasteiger partial charge in [0, 0.05) is 19.1 Å². The van der Waals surface area contributed by atoms with Crippen LogP contribution < -0.4 is 4.74 Å². The molecule has 1 aromatic rings. The Hall–Kier alpha value is -0.770. The third kappa shape index (κ3) is 3.61. The van der Waals surface area contributed by atoms with Crippen LogP contribution in [0.1, 0.15) is 19.3 Å². The second-order valence-corrected chi connectivity index (χ2v) is 5.03. The van der Waals surface area contributed by atoms with Crippen molar-refractivity contribution in [2.75, 3.05) is 26.3 Å². The zero-order chi connectivity index (χ0) is 12.8. The van der Waals surface area contributed by atoms with Gasteiger partial charge in [0.25, 0.3) is 0 Å². The summed E-state index contributed by atoms with van der Waals surface area (Å²) in [7, 11) is 0. The second-order valence-electron chi connectivity index (χ2n) is 4.62. The molecule has 1 N–H and O–H groups in total. The van der Waals surface area contributed by atoms with E-state index in [0.29, 0.717) is 17.7 Å². The fourth-order valence-electron chi connectivity index (χ4n) is 2.19. The van der Waals surface area contributed by atoms with E-state index in [-0.39, 0.29) is 6.61 Å². The van der Waals surface area contributed by atoms with E-state index in [1.54, 1.807) is 0 Å². The Labute approximate surface area is 113 Å². The standard InChI is InChI=1S/C14H20ClNO2/c15-13-6-1-2-7-14(13)18-11-9-16(8-10-17)12-4-3-5-12/h1-2,6-7,12,17H,3-5,8-11H2. The summed E-state index contributed by atoms with van der Waals surface area (Å²) in [4.78, 5) is 2.31. The molecule has 0 heterocycles. The van der Waals surface area contributed by atoms with E-state index in [4.69, 9.17) is 21.4 Å². The molecule has 100 valence electrons.